The van der Waals surface area contributed by atoms with Crippen molar-refractivity contribution in [2.75, 3.05) is 13.7 Å². The highest BCUT2D eigenvalue weighted by Crippen LogP contribution is 2.50. The highest BCUT2D eigenvalue weighted by Gasteiger charge is 2.47. The second-order valence-corrected chi connectivity index (χ2v) is 13.9. The fraction of sp³-hybridized carbons (Fsp3) is 0.650. The number of unbranched alkanes of at least 4 members (excludes halogenated alkanes) is 4. The molecule has 2 N–H and O–H groups in total. The average Bonchev–Trinajstić information content (AvgIpc) is 3.41. The maximum absolute atomic E-state index is 11.4. The zero-order valence-electron chi connectivity index (χ0n) is 28.2. The summed E-state index contributed by atoms with van der Waals surface area (Å²) >= 11 is 0. The minimum Gasteiger partial charge on any atom is -0.496 e. The summed E-state index contributed by atoms with van der Waals surface area (Å²) in [7, 11) is 1.79. The molecule has 1 fully saturated rings. The van der Waals surface area contributed by atoms with E-state index in [-0.39, 0.29) is 12.2 Å². The number of hydroxylamine groups is 1. The summed E-state index contributed by atoms with van der Waals surface area (Å²) in [6.07, 6.45) is 30.4. The third kappa shape index (κ3) is 9.22. The summed E-state index contributed by atoms with van der Waals surface area (Å²) in [5.41, 5.74) is 7.02. The minimum atomic E-state index is -0.884. The predicted octanol–water partition coefficient (Wildman–Crippen LogP) is 8.83. The number of fused-ring (bicyclic) bond motifs is 2. The zero-order valence-corrected chi connectivity index (χ0v) is 28.2. The van der Waals surface area contributed by atoms with Crippen LogP contribution >= 0.6 is 0 Å². The molecule has 1 saturated carbocycles. The van der Waals surface area contributed by atoms with Crippen LogP contribution in [0, 0.1) is 29.6 Å². The van der Waals surface area contributed by atoms with Crippen LogP contribution in [-0.2, 0) is 22.4 Å². The minimum absolute atomic E-state index is 0.0301. The summed E-state index contributed by atoms with van der Waals surface area (Å²) in [6.45, 7) is 5.42. The van der Waals surface area contributed by atoms with E-state index < -0.39 is 6.29 Å². The lowest BCUT2D eigenvalue weighted by atomic mass is 9.73. The number of aliphatic hydroxyl groups is 1. The molecule has 1 aromatic rings. The molecule has 0 aliphatic heterocycles. The van der Waals surface area contributed by atoms with Gasteiger partial charge in [-0.1, -0.05) is 101 Å². The summed E-state index contributed by atoms with van der Waals surface area (Å²) < 4.78 is 12.5. The van der Waals surface area contributed by atoms with E-state index in [1.807, 2.05) is 0 Å². The first-order chi connectivity index (χ1) is 22.1. The third-order valence-corrected chi connectivity index (χ3v) is 10.9. The van der Waals surface area contributed by atoms with Crippen molar-refractivity contribution in [2.24, 2.45) is 29.6 Å². The smallest absolute Gasteiger partial charge is 0.181 e. The molecule has 0 radical (unpaired) electrons. The molecule has 5 rings (SSSR count). The van der Waals surface area contributed by atoms with Crippen LogP contribution in [0.3, 0.4) is 0 Å². The van der Waals surface area contributed by atoms with Crippen LogP contribution in [0.5, 0.6) is 5.75 Å². The number of allylic oxidation sites excluding steroid dienone is 6. The Morgan fingerprint density at radius 3 is 2.56 bits per heavy atom. The van der Waals surface area contributed by atoms with Crippen molar-refractivity contribution in [1.82, 2.24) is 5.48 Å². The van der Waals surface area contributed by atoms with Gasteiger partial charge in [-0.05, 0) is 105 Å². The first kappa shape index (κ1) is 34.2. The number of rotatable bonds is 18. The molecule has 5 unspecified atom stereocenters. The monoisotopic (exact) mass is 617 g/mol. The van der Waals surface area contributed by atoms with Crippen LogP contribution in [0.2, 0.25) is 0 Å². The quantitative estimate of drug-likeness (QED) is 0.0979. The molecule has 5 heteroatoms. The Kier molecular flexibility index (Phi) is 13.4. The van der Waals surface area contributed by atoms with Gasteiger partial charge in [0, 0.05) is 12.1 Å². The highest BCUT2D eigenvalue weighted by molar-refractivity contribution is 5.43. The van der Waals surface area contributed by atoms with Gasteiger partial charge in [-0.15, -0.1) is 0 Å². The lowest BCUT2D eigenvalue weighted by molar-refractivity contribution is -0.126. The molecule has 0 bridgehead atoms. The Labute approximate surface area is 273 Å². The van der Waals surface area contributed by atoms with Crippen LogP contribution in [0.15, 0.2) is 66.3 Å². The van der Waals surface area contributed by atoms with Crippen molar-refractivity contribution < 1.29 is 19.4 Å². The highest BCUT2D eigenvalue weighted by atomic mass is 16.7. The molecular formula is C40H59NO4. The number of ether oxygens (including phenoxy) is 2. The predicted molar refractivity (Wildman–Crippen MR) is 184 cm³/mol. The normalized spacial score (nSPS) is 28.4. The lowest BCUT2D eigenvalue weighted by Crippen LogP contribution is -2.32. The topological polar surface area (TPSA) is 60.0 Å². The first-order valence-electron chi connectivity index (χ1n) is 18.2. The number of methoxy groups -OCH3 is 1. The van der Waals surface area contributed by atoms with Gasteiger partial charge in [0.15, 0.2) is 6.29 Å². The Hall–Kier alpha value is -2.18. The average molecular weight is 618 g/mol. The summed E-state index contributed by atoms with van der Waals surface area (Å²) in [5, 5.41) is 11.4. The SMILES string of the molecule is CCCCCNO[C@@H](CCCCC)CCC1[C@H]2Cc3cccc(OC)c3CC2C[C@H]1OC(O)C1=CCC(C2C=CC=CC2)C=C1. The standard InChI is InChI=1S/C40H59NO4/c1-4-6-9-17-34(45-41-25-12-7-5-2)23-24-35-36-26-32-16-13-18-38(43-3)37(32)27-33(36)28-39(35)44-40(42)31-21-19-30(20-22-31)29-14-10-8-11-15-29/h8,10-11,13-14,16,18-19,21-22,29-30,33-36,39-42H,4-7,9,12,15,17,20,23-28H2,1-3H3/t29?,30?,33?,34-,35?,36-,39+,40?/m0/s1. The van der Waals surface area contributed by atoms with Gasteiger partial charge in [-0.25, -0.2) is 5.48 Å². The van der Waals surface area contributed by atoms with Gasteiger partial charge >= 0.3 is 0 Å². The first-order valence-corrected chi connectivity index (χ1v) is 18.2. The number of nitrogens with one attached hydrogen (secondary N) is 1. The number of hydrogen-bond acceptors (Lipinski definition) is 5. The van der Waals surface area contributed by atoms with Crippen LogP contribution in [-0.4, -0.2) is 37.3 Å². The van der Waals surface area contributed by atoms with Crippen molar-refractivity contribution in [2.45, 2.75) is 122 Å². The molecular weight excluding hydrogens is 558 g/mol. The van der Waals surface area contributed by atoms with Crippen molar-refractivity contribution in [3.8, 4) is 5.75 Å². The van der Waals surface area contributed by atoms with E-state index in [4.69, 9.17) is 14.3 Å². The van der Waals surface area contributed by atoms with Gasteiger partial charge in [0.25, 0.3) is 0 Å². The van der Waals surface area contributed by atoms with Gasteiger partial charge in [0.2, 0.25) is 0 Å². The van der Waals surface area contributed by atoms with E-state index in [1.54, 1.807) is 7.11 Å². The summed E-state index contributed by atoms with van der Waals surface area (Å²) in [6, 6.07) is 6.52. The Bertz CT molecular complexity index is 1170. The second-order valence-electron chi connectivity index (χ2n) is 13.9. The molecule has 248 valence electrons. The number of hydrogen-bond donors (Lipinski definition) is 2. The number of benzene rings is 1. The van der Waals surface area contributed by atoms with Crippen LogP contribution in [0.25, 0.3) is 0 Å². The summed E-state index contributed by atoms with van der Waals surface area (Å²) in [4.78, 5) is 6.31. The van der Waals surface area contributed by atoms with E-state index in [0.717, 1.165) is 75.7 Å². The summed E-state index contributed by atoms with van der Waals surface area (Å²) in [5.74, 6) is 3.51. The van der Waals surface area contributed by atoms with Crippen LogP contribution in [0.1, 0.15) is 102 Å². The van der Waals surface area contributed by atoms with Crippen LogP contribution in [0.4, 0.5) is 0 Å². The fourth-order valence-corrected chi connectivity index (χ4v) is 8.33. The zero-order chi connectivity index (χ0) is 31.4. The molecule has 4 aliphatic carbocycles. The van der Waals surface area contributed by atoms with Gasteiger partial charge in [0.1, 0.15) is 5.75 Å². The molecule has 0 amide bonds. The van der Waals surface area contributed by atoms with E-state index in [1.165, 1.54) is 43.2 Å². The largest absolute Gasteiger partial charge is 0.496 e. The second kappa shape index (κ2) is 17.7. The Morgan fingerprint density at radius 2 is 1.80 bits per heavy atom. The fourth-order valence-electron chi connectivity index (χ4n) is 8.33. The maximum atomic E-state index is 11.4. The van der Waals surface area contributed by atoms with Gasteiger partial charge < -0.3 is 14.6 Å². The Morgan fingerprint density at radius 1 is 0.956 bits per heavy atom. The van der Waals surface area contributed by atoms with Gasteiger partial charge in [0.05, 0.1) is 19.3 Å². The molecule has 0 heterocycles. The van der Waals surface area contributed by atoms with Gasteiger partial charge in [-0.3, -0.25) is 4.84 Å². The van der Waals surface area contributed by atoms with E-state index in [9.17, 15) is 5.11 Å². The van der Waals surface area contributed by atoms with E-state index >= 15 is 0 Å². The molecule has 5 nitrogen and oxygen atoms in total. The van der Waals surface area contributed by atoms with Crippen LogP contribution < -0.4 is 10.2 Å². The van der Waals surface area contributed by atoms with Gasteiger partial charge in [-0.2, -0.15) is 0 Å². The van der Waals surface area contributed by atoms with E-state index in [2.05, 4.69) is 80.1 Å². The van der Waals surface area contributed by atoms with Crippen molar-refractivity contribution in [3.05, 3.63) is 77.4 Å². The maximum Gasteiger partial charge on any atom is 0.181 e. The molecule has 45 heavy (non-hydrogen) atoms. The van der Waals surface area contributed by atoms with Crippen molar-refractivity contribution in [1.29, 1.82) is 0 Å². The van der Waals surface area contributed by atoms with Crippen molar-refractivity contribution >= 4 is 0 Å². The Balaban J connectivity index is 1.26. The molecule has 0 saturated heterocycles. The molecule has 8 atom stereocenters. The van der Waals surface area contributed by atoms with E-state index in [0.29, 0.717) is 29.6 Å². The third-order valence-electron chi connectivity index (χ3n) is 10.9. The molecule has 1 aromatic carbocycles. The lowest BCUT2D eigenvalue weighted by Gasteiger charge is -2.33. The molecule has 0 spiro atoms. The molecule has 4 aliphatic rings. The number of aliphatic hydroxyl groups excluding tert-OH is 1. The molecule has 0 aromatic heterocycles. The van der Waals surface area contributed by atoms with Crippen molar-refractivity contribution in [3.63, 3.8) is 0 Å².